The lowest BCUT2D eigenvalue weighted by Gasteiger charge is -2.16. The number of Topliss-reactive ketones (excluding diaryl/α,β-unsaturated/α-hetero) is 1. The highest BCUT2D eigenvalue weighted by atomic mass is 16.4. The van der Waals surface area contributed by atoms with Crippen molar-refractivity contribution in [3.05, 3.63) is 34.9 Å². The number of carboxylic acid groups (broad SMARTS) is 1. The van der Waals surface area contributed by atoms with Gasteiger partial charge in [-0.3, -0.25) is 9.59 Å². The van der Waals surface area contributed by atoms with Gasteiger partial charge in [-0.15, -0.1) is 0 Å². The molecular weight excluding hydrogens is 270 g/mol. The molecule has 1 rings (SSSR count). The molecule has 1 unspecified atom stereocenters. The highest BCUT2D eigenvalue weighted by molar-refractivity contribution is 6.01. The van der Waals surface area contributed by atoms with Crippen LogP contribution in [-0.4, -0.2) is 28.8 Å². The SMILES string of the molecule is CC(=O)c1cc(C(=O)NC(CC(C)C)C(=O)O)ccc1C. The molecular formula is C16H21NO4. The van der Waals surface area contributed by atoms with E-state index in [1.165, 1.54) is 13.0 Å². The van der Waals surface area contributed by atoms with Gasteiger partial charge in [-0.25, -0.2) is 4.79 Å². The smallest absolute Gasteiger partial charge is 0.326 e. The number of carbonyl (C=O) groups excluding carboxylic acids is 2. The Morgan fingerprint density at radius 2 is 1.86 bits per heavy atom. The van der Waals surface area contributed by atoms with Crippen LogP contribution in [0.25, 0.3) is 0 Å². The number of rotatable bonds is 6. The van der Waals surface area contributed by atoms with E-state index in [2.05, 4.69) is 5.32 Å². The number of ketones is 1. The molecule has 21 heavy (non-hydrogen) atoms. The van der Waals surface area contributed by atoms with Gasteiger partial charge in [0.2, 0.25) is 0 Å². The van der Waals surface area contributed by atoms with Crippen LogP contribution >= 0.6 is 0 Å². The van der Waals surface area contributed by atoms with E-state index in [9.17, 15) is 14.4 Å². The van der Waals surface area contributed by atoms with Crippen molar-refractivity contribution in [2.75, 3.05) is 0 Å². The van der Waals surface area contributed by atoms with Crippen molar-refractivity contribution in [1.29, 1.82) is 0 Å². The Morgan fingerprint density at radius 1 is 1.24 bits per heavy atom. The van der Waals surface area contributed by atoms with Crippen molar-refractivity contribution >= 4 is 17.7 Å². The van der Waals surface area contributed by atoms with Crippen molar-refractivity contribution in [3.63, 3.8) is 0 Å². The molecule has 2 N–H and O–H groups in total. The Morgan fingerprint density at radius 3 is 2.33 bits per heavy atom. The van der Waals surface area contributed by atoms with E-state index < -0.39 is 17.9 Å². The fraction of sp³-hybridized carbons (Fsp3) is 0.438. The third-order valence-corrected chi connectivity index (χ3v) is 3.19. The van der Waals surface area contributed by atoms with E-state index in [0.717, 1.165) is 5.56 Å². The van der Waals surface area contributed by atoms with Crippen LogP contribution in [-0.2, 0) is 4.79 Å². The zero-order valence-corrected chi connectivity index (χ0v) is 12.8. The molecule has 0 aromatic heterocycles. The Hall–Kier alpha value is -2.17. The topological polar surface area (TPSA) is 83.5 Å². The summed E-state index contributed by atoms with van der Waals surface area (Å²) in [5.74, 6) is -1.52. The average molecular weight is 291 g/mol. The van der Waals surface area contributed by atoms with Crippen LogP contribution in [0.4, 0.5) is 0 Å². The standard InChI is InChI=1S/C16H21NO4/c1-9(2)7-14(16(20)21)17-15(19)12-6-5-10(3)13(8-12)11(4)18/h5-6,8-9,14H,7H2,1-4H3,(H,17,19)(H,20,21). The van der Waals surface area contributed by atoms with Crippen LogP contribution in [0.5, 0.6) is 0 Å². The van der Waals surface area contributed by atoms with Crippen molar-refractivity contribution in [1.82, 2.24) is 5.32 Å². The summed E-state index contributed by atoms with van der Waals surface area (Å²) in [7, 11) is 0. The third kappa shape index (κ3) is 4.70. The van der Waals surface area contributed by atoms with Crippen LogP contribution in [0.15, 0.2) is 18.2 Å². The van der Waals surface area contributed by atoms with Crippen LogP contribution in [0.2, 0.25) is 0 Å². The molecule has 0 saturated heterocycles. The van der Waals surface area contributed by atoms with Crippen LogP contribution < -0.4 is 5.32 Å². The number of hydrogen-bond donors (Lipinski definition) is 2. The predicted molar refractivity (Wildman–Crippen MR) is 79.5 cm³/mol. The van der Waals surface area contributed by atoms with Crippen molar-refractivity contribution < 1.29 is 19.5 Å². The number of nitrogens with one attached hydrogen (secondary N) is 1. The molecule has 0 fully saturated rings. The molecule has 0 aliphatic rings. The fourth-order valence-electron chi connectivity index (χ4n) is 2.08. The Labute approximate surface area is 124 Å². The van der Waals surface area contributed by atoms with Gasteiger partial charge in [-0.05, 0) is 43.9 Å². The summed E-state index contributed by atoms with van der Waals surface area (Å²) in [4.78, 5) is 34.8. The van der Waals surface area contributed by atoms with Gasteiger partial charge in [0.1, 0.15) is 6.04 Å². The normalized spacial score (nSPS) is 12.0. The molecule has 5 nitrogen and oxygen atoms in total. The Bertz CT molecular complexity index is 563. The summed E-state index contributed by atoms with van der Waals surface area (Å²) >= 11 is 0. The summed E-state index contributed by atoms with van der Waals surface area (Å²) in [6.45, 7) is 7.00. The number of carbonyl (C=O) groups is 3. The molecule has 0 radical (unpaired) electrons. The minimum Gasteiger partial charge on any atom is -0.480 e. The molecule has 1 atom stereocenters. The van der Waals surface area contributed by atoms with E-state index in [1.807, 2.05) is 13.8 Å². The monoisotopic (exact) mass is 291 g/mol. The zero-order chi connectivity index (χ0) is 16.2. The molecule has 5 heteroatoms. The summed E-state index contributed by atoms with van der Waals surface area (Å²) in [6, 6.07) is 3.84. The molecule has 0 aliphatic carbocycles. The fourth-order valence-corrected chi connectivity index (χ4v) is 2.08. The molecule has 0 aliphatic heterocycles. The summed E-state index contributed by atoms with van der Waals surface area (Å²) < 4.78 is 0. The average Bonchev–Trinajstić information content (AvgIpc) is 2.37. The zero-order valence-electron chi connectivity index (χ0n) is 12.8. The van der Waals surface area contributed by atoms with Crippen LogP contribution in [0.1, 0.15) is 53.5 Å². The van der Waals surface area contributed by atoms with E-state index >= 15 is 0 Å². The van der Waals surface area contributed by atoms with Crippen LogP contribution in [0, 0.1) is 12.8 Å². The van der Waals surface area contributed by atoms with Crippen molar-refractivity contribution in [2.45, 2.75) is 40.2 Å². The highest BCUT2D eigenvalue weighted by Gasteiger charge is 2.22. The summed E-state index contributed by atoms with van der Waals surface area (Å²) in [6.07, 6.45) is 0.354. The predicted octanol–water partition coefficient (Wildman–Crippen LogP) is 2.43. The number of amides is 1. The summed E-state index contributed by atoms with van der Waals surface area (Å²) in [5.41, 5.74) is 1.55. The van der Waals surface area contributed by atoms with E-state index in [-0.39, 0.29) is 11.7 Å². The minimum absolute atomic E-state index is 0.126. The van der Waals surface area contributed by atoms with Gasteiger partial charge in [0.15, 0.2) is 5.78 Å². The van der Waals surface area contributed by atoms with Crippen molar-refractivity contribution in [2.24, 2.45) is 5.92 Å². The highest BCUT2D eigenvalue weighted by Crippen LogP contribution is 2.13. The number of hydrogen-bond acceptors (Lipinski definition) is 3. The Balaban J connectivity index is 2.95. The maximum atomic E-state index is 12.1. The maximum Gasteiger partial charge on any atom is 0.326 e. The van der Waals surface area contributed by atoms with Gasteiger partial charge < -0.3 is 10.4 Å². The number of aryl methyl sites for hydroxylation is 1. The van der Waals surface area contributed by atoms with Gasteiger partial charge in [0, 0.05) is 11.1 Å². The third-order valence-electron chi connectivity index (χ3n) is 3.19. The van der Waals surface area contributed by atoms with Gasteiger partial charge in [-0.2, -0.15) is 0 Å². The molecule has 0 bridgehead atoms. The van der Waals surface area contributed by atoms with Gasteiger partial charge >= 0.3 is 5.97 Å². The largest absolute Gasteiger partial charge is 0.480 e. The second kappa shape index (κ2) is 7.02. The second-order valence-corrected chi connectivity index (χ2v) is 5.58. The number of aliphatic carboxylic acids is 1. The number of carboxylic acids is 1. The minimum atomic E-state index is -1.06. The lowest BCUT2D eigenvalue weighted by atomic mass is 10.0. The quantitative estimate of drug-likeness (QED) is 0.788. The van der Waals surface area contributed by atoms with Gasteiger partial charge in [0.05, 0.1) is 0 Å². The van der Waals surface area contributed by atoms with E-state index in [0.29, 0.717) is 17.5 Å². The summed E-state index contributed by atoms with van der Waals surface area (Å²) in [5, 5.41) is 11.6. The maximum absolute atomic E-state index is 12.1. The molecule has 1 amide bonds. The van der Waals surface area contributed by atoms with Crippen molar-refractivity contribution in [3.8, 4) is 0 Å². The number of benzene rings is 1. The molecule has 0 spiro atoms. The van der Waals surface area contributed by atoms with E-state index in [1.54, 1.807) is 19.1 Å². The van der Waals surface area contributed by atoms with Crippen LogP contribution in [0.3, 0.4) is 0 Å². The van der Waals surface area contributed by atoms with Gasteiger partial charge in [-0.1, -0.05) is 19.9 Å². The first kappa shape index (κ1) is 16.9. The molecule has 0 heterocycles. The lowest BCUT2D eigenvalue weighted by molar-refractivity contribution is -0.139. The lowest BCUT2D eigenvalue weighted by Crippen LogP contribution is -2.41. The molecule has 1 aromatic rings. The first-order valence-corrected chi connectivity index (χ1v) is 6.87. The first-order chi connectivity index (χ1) is 9.72. The first-order valence-electron chi connectivity index (χ1n) is 6.87. The van der Waals surface area contributed by atoms with E-state index in [4.69, 9.17) is 5.11 Å². The molecule has 0 saturated carbocycles. The molecule has 1 aromatic carbocycles. The Kier molecular flexibility index (Phi) is 5.64. The second-order valence-electron chi connectivity index (χ2n) is 5.58. The van der Waals surface area contributed by atoms with Gasteiger partial charge in [0.25, 0.3) is 5.91 Å². The molecule has 114 valence electrons.